The third-order valence-corrected chi connectivity index (χ3v) is 3.00. The van der Waals surface area contributed by atoms with Crippen LogP contribution in [0.3, 0.4) is 0 Å². The van der Waals surface area contributed by atoms with Crippen molar-refractivity contribution in [3.63, 3.8) is 0 Å². The van der Waals surface area contributed by atoms with Crippen LogP contribution in [0.1, 0.15) is 21.6 Å². The molecule has 7 heteroatoms. The predicted molar refractivity (Wildman–Crippen MR) is 77.1 cm³/mol. The van der Waals surface area contributed by atoms with Crippen molar-refractivity contribution in [3.8, 4) is 5.75 Å². The first-order valence-electron chi connectivity index (χ1n) is 6.34. The molecular formula is C15H14N2O5. The number of ketones is 1. The van der Waals surface area contributed by atoms with Gasteiger partial charge in [-0.25, -0.2) is 4.79 Å². The van der Waals surface area contributed by atoms with Gasteiger partial charge in [0.15, 0.2) is 0 Å². The number of benzene rings is 1. The summed E-state index contributed by atoms with van der Waals surface area (Å²) in [6.07, 6.45) is 2.57. The van der Waals surface area contributed by atoms with Crippen LogP contribution in [0.5, 0.6) is 5.75 Å². The maximum Gasteiger partial charge on any atom is 0.371 e. The van der Waals surface area contributed by atoms with Crippen molar-refractivity contribution >= 4 is 11.8 Å². The highest BCUT2D eigenvalue weighted by Crippen LogP contribution is 2.17. The summed E-state index contributed by atoms with van der Waals surface area (Å²) in [5, 5.41) is 24.0. The highest BCUT2D eigenvalue weighted by atomic mass is 16.5. The van der Waals surface area contributed by atoms with Gasteiger partial charge < -0.3 is 14.9 Å². The van der Waals surface area contributed by atoms with Gasteiger partial charge >= 0.3 is 5.97 Å². The molecule has 0 fully saturated rings. The van der Waals surface area contributed by atoms with Crippen LogP contribution in [0.15, 0.2) is 42.3 Å². The lowest BCUT2D eigenvalue weighted by atomic mass is 10.0. The number of aliphatic carboxylic acids is 1. The Labute approximate surface area is 125 Å². The maximum absolute atomic E-state index is 11.9. The molecule has 0 saturated carbocycles. The number of hydrogen-bond donors (Lipinski definition) is 3. The highest BCUT2D eigenvalue weighted by Gasteiger charge is 2.15. The van der Waals surface area contributed by atoms with Crippen molar-refractivity contribution in [2.24, 2.45) is 0 Å². The second-order valence-electron chi connectivity index (χ2n) is 4.49. The van der Waals surface area contributed by atoms with Gasteiger partial charge in [0.25, 0.3) is 0 Å². The van der Waals surface area contributed by atoms with Gasteiger partial charge in [-0.05, 0) is 17.7 Å². The number of nitrogens with one attached hydrogen (secondary N) is 1. The normalized spacial score (nSPS) is 11.2. The van der Waals surface area contributed by atoms with Gasteiger partial charge in [0.2, 0.25) is 11.5 Å². The molecule has 0 amide bonds. The smallest absolute Gasteiger partial charge is 0.371 e. The second-order valence-corrected chi connectivity index (χ2v) is 4.49. The fraction of sp³-hybridized carbons (Fsp3) is 0.133. The number of aliphatic hydroxyl groups excluding tert-OH is 1. The van der Waals surface area contributed by atoms with E-state index in [9.17, 15) is 9.59 Å². The van der Waals surface area contributed by atoms with Crippen LogP contribution in [0.25, 0.3) is 0 Å². The van der Waals surface area contributed by atoms with Gasteiger partial charge in [0.1, 0.15) is 11.4 Å². The lowest BCUT2D eigenvalue weighted by Crippen LogP contribution is -2.06. The van der Waals surface area contributed by atoms with Crippen LogP contribution in [0.2, 0.25) is 0 Å². The van der Waals surface area contributed by atoms with E-state index in [1.807, 2.05) is 12.1 Å². The first-order valence-corrected chi connectivity index (χ1v) is 6.34. The Balaban J connectivity index is 2.20. The minimum atomic E-state index is -1.57. The molecule has 7 nitrogen and oxygen atoms in total. The van der Waals surface area contributed by atoms with Crippen molar-refractivity contribution in [2.75, 3.05) is 7.11 Å². The number of rotatable bonds is 6. The summed E-state index contributed by atoms with van der Waals surface area (Å²) < 4.78 is 5.07. The first-order chi connectivity index (χ1) is 10.5. The number of carbonyl (C=O) groups excluding carboxylic acids is 1. The highest BCUT2D eigenvalue weighted by molar-refractivity contribution is 6.07. The second kappa shape index (κ2) is 6.57. The number of aliphatic hydroxyl groups is 1. The average Bonchev–Trinajstić information content (AvgIpc) is 2.96. The fourth-order valence-corrected chi connectivity index (χ4v) is 1.88. The molecule has 1 aromatic heterocycles. The molecule has 1 heterocycles. The van der Waals surface area contributed by atoms with Gasteiger partial charge in [-0.3, -0.25) is 9.89 Å². The quantitative estimate of drug-likeness (QED) is 0.425. The van der Waals surface area contributed by atoms with E-state index in [4.69, 9.17) is 14.9 Å². The summed E-state index contributed by atoms with van der Waals surface area (Å²) in [6, 6.07) is 7.30. The van der Waals surface area contributed by atoms with Crippen LogP contribution in [0.4, 0.5) is 0 Å². The number of hydrogen-bond acceptors (Lipinski definition) is 5. The third kappa shape index (κ3) is 3.51. The van der Waals surface area contributed by atoms with Crippen LogP contribution >= 0.6 is 0 Å². The Hall–Kier alpha value is -3.09. The Kier molecular flexibility index (Phi) is 4.57. The van der Waals surface area contributed by atoms with E-state index in [0.29, 0.717) is 18.1 Å². The van der Waals surface area contributed by atoms with Crippen LogP contribution in [-0.4, -0.2) is 39.3 Å². The zero-order valence-electron chi connectivity index (χ0n) is 11.7. The Morgan fingerprint density at radius 2 is 1.95 bits per heavy atom. The number of aromatic nitrogens is 2. The topological polar surface area (TPSA) is 113 Å². The lowest BCUT2D eigenvalue weighted by Gasteiger charge is -2.03. The molecule has 1 aromatic carbocycles. The number of aromatic amines is 1. The van der Waals surface area contributed by atoms with E-state index in [0.717, 1.165) is 11.3 Å². The van der Waals surface area contributed by atoms with E-state index < -0.39 is 17.5 Å². The number of methoxy groups -OCH3 is 1. The van der Waals surface area contributed by atoms with Crippen molar-refractivity contribution in [3.05, 3.63) is 59.1 Å². The van der Waals surface area contributed by atoms with Crippen molar-refractivity contribution in [1.29, 1.82) is 0 Å². The molecule has 2 rings (SSSR count). The maximum atomic E-state index is 11.9. The van der Waals surface area contributed by atoms with Gasteiger partial charge in [0.05, 0.1) is 13.3 Å². The van der Waals surface area contributed by atoms with Crippen LogP contribution in [-0.2, 0) is 11.2 Å². The summed E-state index contributed by atoms with van der Waals surface area (Å²) in [4.78, 5) is 22.5. The summed E-state index contributed by atoms with van der Waals surface area (Å²) in [5.74, 6) is -2.51. The SMILES string of the molecule is COc1ccc(Cc2cn[nH]c2C(=O)C=C(O)C(=O)O)cc1. The summed E-state index contributed by atoms with van der Waals surface area (Å²) in [5.41, 5.74) is 1.68. The largest absolute Gasteiger partial charge is 0.502 e. The standard InChI is InChI=1S/C15H14N2O5/c1-22-11-4-2-9(3-5-11)6-10-8-16-17-14(10)12(18)7-13(19)15(20)21/h2-5,7-8,19H,6H2,1H3,(H,16,17)(H,20,21). The minimum Gasteiger partial charge on any atom is -0.502 e. The number of nitrogens with zero attached hydrogens (tertiary/aromatic N) is 1. The minimum absolute atomic E-state index is 0.142. The van der Waals surface area contributed by atoms with E-state index in [-0.39, 0.29) is 5.69 Å². The molecule has 0 bridgehead atoms. The number of carbonyl (C=O) groups is 2. The number of ether oxygens (including phenoxy) is 1. The molecule has 0 atom stereocenters. The molecule has 0 aliphatic rings. The molecule has 0 unspecified atom stereocenters. The van der Waals surface area contributed by atoms with E-state index >= 15 is 0 Å². The molecule has 0 aliphatic carbocycles. The number of allylic oxidation sites excluding steroid dienone is 1. The Bertz CT molecular complexity index is 716. The van der Waals surface area contributed by atoms with Gasteiger partial charge in [-0.15, -0.1) is 0 Å². The first kappa shape index (κ1) is 15.3. The lowest BCUT2D eigenvalue weighted by molar-refractivity contribution is -0.135. The Morgan fingerprint density at radius 3 is 2.55 bits per heavy atom. The molecule has 0 radical (unpaired) electrons. The Morgan fingerprint density at radius 1 is 1.27 bits per heavy atom. The fourth-order valence-electron chi connectivity index (χ4n) is 1.88. The van der Waals surface area contributed by atoms with Gasteiger partial charge in [-0.1, -0.05) is 12.1 Å². The van der Waals surface area contributed by atoms with Crippen molar-refractivity contribution in [1.82, 2.24) is 10.2 Å². The average molecular weight is 302 g/mol. The van der Waals surface area contributed by atoms with E-state index in [2.05, 4.69) is 10.2 Å². The third-order valence-electron chi connectivity index (χ3n) is 3.00. The van der Waals surface area contributed by atoms with E-state index in [1.165, 1.54) is 6.20 Å². The molecule has 114 valence electrons. The van der Waals surface area contributed by atoms with Crippen molar-refractivity contribution < 1.29 is 24.5 Å². The zero-order valence-corrected chi connectivity index (χ0v) is 11.7. The van der Waals surface area contributed by atoms with Crippen LogP contribution in [0, 0.1) is 0 Å². The van der Waals surface area contributed by atoms with E-state index in [1.54, 1.807) is 19.2 Å². The molecule has 22 heavy (non-hydrogen) atoms. The monoisotopic (exact) mass is 302 g/mol. The predicted octanol–water partition coefficient (Wildman–Crippen LogP) is 1.72. The number of carboxylic acid groups (broad SMARTS) is 1. The zero-order chi connectivity index (χ0) is 16.1. The molecule has 0 aliphatic heterocycles. The molecule has 2 aromatic rings. The number of carboxylic acids is 1. The molecule has 0 spiro atoms. The summed E-state index contributed by atoms with van der Waals surface area (Å²) in [7, 11) is 1.57. The van der Waals surface area contributed by atoms with Crippen molar-refractivity contribution in [2.45, 2.75) is 6.42 Å². The molecule has 3 N–H and O–H groups in total. The molecular weight excluding hydrogens is 288 g/mol. The summed E-state index contributed by atoms with van der Waals surface area (Å²) in [6.45, 7) is 0. The number of H-pyrrole nitrogens is 1. The van der Waals surface area contributed by atoms with Gasteiger partial charge in [-0.2, -0.15) is 5.10 Å². The van der Waals surface area contributed by atoms with Gasteiger partial charge in [0, 0.05) is 18.1 Å². The summed E-state index contributed by atoms with van der Waals surface area (Å²) >= 11 is 0. The van der Waals surface area contributed by atoms with Crippen LogP contribution < -0.4 is 4.74 Å². The molecule has 0 saturated heterocycles.